The minimum atomic E-state index is -1.64. The topological polar surface area (TPSA) is 21.8 Å². The second-order valence-electron chi connectivity index (χ2n) is 6.41. The summed E-state index contributed by atoms with van der Waals surface area (Å²) in [5.74, 6) is 0.659. The van der Waals surface area contributed by atoms with Crippen LogP contribution in [0.25, 0.3) is 0 Å². The van der Waals surface area contributed by atoms with Crippen LogP contribution >= 0.6 is 0 Å². The largest absolute Gasteiger partial charge is 0.414 e. The number of hydrogen-bond donors (Lipinski definition) is 0. The molecule has 1 rings (SSSR count). The second-order valence-corrected chi connectivity index (χ2v) is 11.0. The van der Waals surface area contributed by atoms with Crippen molar-refractivity contribution in [2.75, 3.05) is 13.2 Å². The summed E-state index contributed by atoms with van der Waals surface area (Å²) in [6.45, 7) is 17.6. The molecule has 1 saturated heterocycles. The molecule has 0 amide bonds. The first-order valence-corrected chi connectivity index (χ1v) is 8.79. The van der Waals surface area contributed by atoms with Gasteiger partial charge in [0.1, 0.15) is 5.60 Å². The Morgan fingerprint density at radius 2 is 1.87 bits per heavy atom. The third-order valence-corrected chi connectivity index (χ3v) is 8.92. The molecular weight excluding hydrogens is 204 g/mol. The van der Waals surface area contributed by atoms with Crippen molar-refractivity contribution in [3.05, 3.63) is 0 Å². The van der Waals surface area contributed by atoms with Crippen LogP contribution in [0.2, 0.25) is 18.1 Å². The first-order valence-electron chi connectivity index (χ1n) is 5.89. The smallest absolute Gasteiger partial charge is 0.192 e. The zero-order valence-corrected chi connectivity index (χ0v) is 12.3. The molecule has 1 aliphatic heterocycles. The van der Waals surface area contributed by atoms with Crippen LogP contribution in [-0.4, -0.2) is 27.1 Å². The van der Waals surface area contributed by atoms with E-state index in [0.29, 0.717) is 11.0 Å². The fourth-order valence-corrected chi connectivity index (χ4v) is 3.85. The third-order valence-electron chi connectivity index (χ3n) is 4.37. The standard InChI is InChI=1S/C12H26O2Si/c1-10(2)11(3,4)15(6,7)14-9-12(5)8-13-12/h10H,8-9H2,1-7H3/t12-/m1/s1. The Balaban J connectivity index is 2.56. The first-order chi connectivity index (χ1) is 6.61. The summed E-state index contributed by atoms with van der Waals surface area (Å²) in [5.41, 5.74) is 0.0251. The van der Waals surface area contributed by atoms with Crippen molar-refractivity contribution in [3.63, 3.8) is 0 Å². The van der Waals surface area contributed by atoms with Gasteiger partial charge in [-0.05, 0) is 31.0 Å². The molecule has 0 unspecified atom stereocenters. The zero-order valence-electron chi connectivity index (χ0n) is 11.3. The predicted molar refractivity (Wildman–Crippen MR) is 66.7 cm³/mol. The lowest BCUT2D eigenvalue weighted by Crippen LogP contribution is -2.46. The summed E-state index contributed by atoms with van der Waals surface area (Å²) in [6, 6.07) is 0. The zero-order chi connectivity index (χ0) is 11.9. The quantitative estimate of drug-likeness (QED) is 0.533. The summed E-state index contributed by atoms with van der Waals surface area (Å²) in [7, 11) is -1.64. The molecule has 1 atom stereocenters. The highest BCUT2D eigenvalue weighted by molar-refractivity contribution is 6.74. The van der Waals surface area contributed by atoms with Crippen LogP contribution in [0.1, 0.15) is 34.6 Å². The molecule has 1 aliphatic rings. The summed E-state index contributed by atoms with van der Waals surface area (Å²) in [5, 5.41) is 0.304. The minimum absolute atomic E-state index is 0.0251. The molecule has 90 valence electrons. The molecule has 2 nitrogen and oxygen atoms in total. The maximum atomic E-state index is 6.20. The highest BCUT2D eigenvalue weighted by atomic mass is 28.4. The predicted octanol–water partition coefficient (Wildman–Crippen LogP) is 3.43. The van der Waals surface area contributed by atoms with Crippen LogP contribution in [0.5, 0.6) is 0 Å². The highest BCUT2D eigenvalue weighted by Crippen LogP contribution is 2.45. The van der Waals surface area contributed by atoms with Crippen molar-refractivity contribution in [2.24, 2.45) is 5.92 Å². The van der Waals surface area contributed by atoms with Gasteiger partial charge < -0.3 is 9.16 Å². The molecular formula is C12H26O2Si. The molecule has 0 aromatic rings. The van der Waals surface area contributed by atoms with Crippen molar-refractivity contribution < 1.29 is 9.16 Å². The van der Waals surface area contributed by atoms with Gasteiger partial charge in [0.2, 0.25) is 0 Å². The van der Waals surface area contributed by atoms with E-state index in [4.69, 9.17) is 9.16 Å². The van der Waals surface area contributed by atoms with Crippen LogP contribution < -0.4 is 0 Å². The molecule has 0 spiro atoms. The van der Waals surface area contributed by atoms with Crippen molar-refractivity contribution in [1.82, 2.24) is 0 Å². The van der Waals surface area contributed by atoms with Crippen LogP contribution in [0.4, 0.5) is 0 Å². The Morgan fingerprint density at radius 1 is 1.40 bits per heavy atom. The first kappa shape index (κ1) is 13.2. The molecule has 0 radical (unpaired) electrons. The Kier molecular flexibility index (Phi) is 3.40. The average molecular weight is 230 g/mol. The van der Waals surface area contributed by atoms with E-state index >= 15 is 0 Å². The lowest BCUT2D eigenvalue weighted by atomic mass is 9.99. The van der Waals surface area contributed by atoms with Crippen LogP contribution in [-0.2, 0) is 9.16 Å². The maximum Gasteiger partial charge on any atom is 0.192 e. The van der Waals surface area contributed by atoms with E-state index in [1.54, 1.807) is 0 Å². The van der Waals surface area contributed by atoms with Crippen molar-refractivity contribution >= 4 is 8.32 Å². The maximum absolute atomic E-state index is 6.20. The Morgan fingerprint density at radius 3 is 2.20 bits per heavy atom. The highest BCUT2D eigenvalue weighted by Gasteiger charge is 2.47. The lowest BCUT2D eigenvalue weighted by molar-refractivity contribution is 0.182. The van der Waals surface area contributed by atoms with Crippen molar-refractivity contribution in [3.8, 4) is 0 Å². The summed E-state index contributed by atoms with van der Waals surface area (Å²) < 4.78 is 11.6. The monoisotopic (exact) mass is 230 g/mol. The van der Waals surface area contributed by atoms with E-state index in [9.17, 15) is 0 Å². The molecule has 0 bridgehead atoms. The summed E-state index contributed by atoms with van der Waals surface area (Å²) in [6.07, 6.45) is 0. The van der Waals surface area contributed by atoms with Gasteiger partial charge in [0, 0.05) is 0 Å². The van der Waals surface area contributed by atoms with Gasteiger partial charge in [-0.15, -0.1) is 0 Å². The second kappa shape index (κ2) is 3.86. The van der Waals surface area contributed by atoms with Gasteiger partial charge in [-0.25, -0.2) is 0 Å². The number of hydrogen-bond acceptors (Lipinski definition) is 2. The molecule has 3 heteroatoms. The van der Waals surface area contributed by atoms with E-state index < -0.39 is 8.32 Å². The Bertz CT molecular complexity index is 230. The van der Waals surface area contributed by atoms with E-state index in [1.807, 2.05) is 0 Å². The minimum Gasteiger partial charge on any atom is -0.414 e. The summed E-state index contributed by atoms with van der Waals surface area (Å²) >= 11 is 0. The summed E-state index contributed by atoms with van der Waals surface area (Å²) in [4.78, 5) is 0. The molecule has 0 aromatic carbocycles. The molecule has 0 saturated carbocycles. The molecule has 0 aromatic heterocycles. The average Bonchev–Trinajstić information content (AvgIpc) is 2.81. The van der Waals surface area contributed by atoms with E-state index in [0.717, 1.165) is 13.2 Å². The fraction of sp³-hybridized carbons (Fsp3) is 1.00. The van der Waals surface area contributed by atoms with Crippen LogP contribution in [0.3, 0.4) is 0 Å². The normalized spacial score (nSPS) is 27.2. The molecule has 1 heterocycles. The molecule has 0 aliphatic carbocycles. The van der Waals surface area contributed by atoms with E-state index in [-0.39, 0.29) is 5.60 Å². The SMILES string of the molecule is CC(C)C(C)(C)[Si](C)(C)OC[C@@]1(C)CO1. The van der Waals surface area contributed by atoms with Crippen LogP contribution in [0.15, 0.2) is 0 Å². The number of epoxide rings is 1. The third kappa shape index (κ3) is 2.83. The Labute approximate surface area is 95.5 Å². The van der Waals surface area contributed by atoms with Gasteiger partial charge in [-0.3, -0.25) is 0 Å². The van der Waals surface area contributed by atoms with Crippen molar-refractivity contribution in [1.29, 1.82) is 0 Å². The fourth-order valence-electron chi connectivity index (χ4n) is 1.42. The molecule has 15 heavy (non-hydrogen) atoms. The van der Waals surface area contributed by atoms with Gasteiger partial charge in [-0.2, -0.15) is 0 Å². The van der Waals surface area contributed by atoms with Gasteiger partial charge in [0.25, 0.3) is 0 Å². The Hall–Kier alpha value is 0.137. The number of ether oxygens (including phenoxy) is 1. The van der Waals surface area contributed by atoms with E-state index in [2.05, 4.69) is 47.7 Å². The van der Waals surface area contributed by atoms with Gasteiger partial charge in [0.05, 0.1) is 13.2 Å². The van der Waals surface area contributed by atoms with Gasteiger partial charge in [-0.1, -0.05) is 27.7 Å². The molecule has 1 fully saturated rings. The molecule has 0 N–H and O–H groups in total. The number of rotatable bonds is 5. The van der Waals surface area contributed by atoms with Gasteiger partial charge >= 0.3 is 0 Å². The lowest BCUT2D eigenvalue weighted by Gasteiger charge is -2.42. The van der Waals surface area contributed by atoms with Gasteiger partial charge in [0.15, 0.2) is 8.32 Å². The van der Waals surface area contributed by atoms with Crippen LogP contribution in [0, 0.1) is 5.92 Å². The van der Waals surface area contributed by atoms with Crippen molar-refractivity contribution in [2.45, 2.75) is 58.4 Å². The van der Waals surface area contributed by atoms with E-state index in [1.165, 1.54) is 0 Å².